The first kappa shape index (κ1) is 16.8. The summed E-state index contributed by atoms with van der Waals surface area (Å²) in [6.07, 6.45) is 0. The molecule has 0 saturated heterocycles. The molecular formula is C18H25Na. The van der Waals surface area contributed by atoms with Crippen molar-refractivity contribution in [1.82, 2.24) is 0 Å². The molecule has 98 valence electrons. The van der Waals surface area contributed by atoms with Crippen LogP contribution < -0.4 is 29.6 Å². The van der Waals surface area contributed by atoms with Crippen molar-refractivity contribution in [2.24, 2.45) is 0 Å². The summed E-state index contributed by atoms with van der Waals surface area (Å²) in [6.45, 7) is 13.6. The Bertz CT molecular complexity index is 521. The SMILES string of the molecule is CC(C)(C)c1ccc2cc(C(C)(C)C)ccc2c1.[H-].[Na+]. The molecule has 0 atom stereocenters. The van der Waals surface area contributed by atoms with Gasteiger partial charge in [0.2, 0.25) is 0 Å². The van der Waals surface area contributed by atoms with E-state index in [0.29, 0.717) is 0 Å². The number of hydrogen-bond donors (Lipinski definition) is 0. The Morgan fingerprint density at radius 3 is 1.21 bits per heavy atom. The van der Waals surface area contributed by atoms with Gasteiger partial charge in [0, 0.05) is 0 Å². The Morgan fingerprint density at radius 1 is 0.632 bits per heavy atom. The van der Waals surface area contributed by atoms with Crippen LogP contribution in [0.25, 0.3) is 10.8 Å². The van der Waals surface area contributed by atoms with Crippen LogP contribution in [0, 0.1) is 0 Å². The van der Waals surface area contributed by atoms with E-state index in [4.69, 9.17) is 0 Å². The molecule has 0 N–H and O–H groups in total. The van der Waals surface area contributed by atoms with Crippen LogP contribution in [-0.2, 0) is 10.8 Å². The second-order valence-electron chi connectivity index (χ2n) is 7.28. The quantitative estimate of drug-likeness (QED) is 0.642. The summed E-state index contributed by atoms with van der Waals surface area (Å²) < 4.78 is 0. The molecule has 0 fully saturated rings. The van der Waals surface area contributed by atoms with Gasteiger partial charge < -0.3 is 1.43 Å². The summed E-state index contributed by atoms with van der Waals surface area (Å²) in [7, 11) is 0. The molecule has 0 aliphatic carbocycles. The van der Waals surface area contributed by atoms with Crippen LogP contribution in [0.2, 0.25) is 0 Å². The van der Waals surface area contributed by atoms with E-state index in [2.05, 4.69) is 77.9 Å². The summed E-state index contributed by atoms with van der Waals surface area (Å²) in [5, 5.41) is 2.69. The molecule has 19 heavy (non-hydrogen) atoms. The van der Waals surface area contributed by atoms with Crippen molar-refractivity contribution in [2.75, 3.05) is 0 Å². The molecule has 0 unspecified atom stereocenters. The Hall–Kier alpha value is -0.300. The smallest absolute Gasteiger partial charge is 1.00 e. The van der Waals surface area contributed by atoms with E-state index in [-0.39, 0.29) is 41.8 Å². The largest absolute Gasteiger partial charge is 1.00 e. The van der Waals surface area contributed by atoms with Gasteiger partial charge in [-0.05, 0) is 32.7 Å². The van der Waals surface area contributed by atoms with Crippen molar-refractivity contribution in [1.29, 1.82) is 0 Å². The van der Waals surface area contributed by atoms with Gasteiger partial charge >= 0.3 is 29.6 Å². The van der Waals surface area contributed by atoms with Gasteiger partial charge in [-0.3, -0.25) is 0 Å². The van der Waals surface area contributed by atoms with Gasteiger partial charge in [0.1, 0.15) is 0 Å². The first-order valence-corrected chi connectivity index (χ1v) is 6.73. The van der Waals surface area contributed by atoms with E-state index >= 15 is 0 Å². The zero-order valence-electron chi connectivity index (χ0n) is 14.5. The van der Waals surface area contributed by atoms with Crippen LogP contribution in [0.3, 0.4) is 0 Å². The molecule has 0 radical (unpaired) electrons. The summed E-state index contributed by atoms with van der Waals surface area (Å²) in [5.41, 5.74) is 3.24. The van der Waals surface area contributed by atoms with Gasteiger partial charge in [0.25, 0.3) is 0 Å². The van der Waals surface area contributed by atoms with Gasteiger partial charge in [-0.2, -0.15) is 0 Å². The molecule has 0 bridgehead atoms. The first-order valence-electron chi connectivity index (χ1n) is 6.73. The molecule has 0 spiro atoms. The first-order chi connectivity index (χ1) is 8.18. The topological polar surface area (TPSA) is 0 Å². The summed E-state index contributed by atoms with van der Waals surface area (Å²) in [5.74, 6) is 0. The number of benzene rings is 2. The van der Waals surface area contributed by atoms with Crippen molar-refractivity contribution < 1.29 is 31.0 Å². The van der Waals surface area contributed by atoms with Gasteiger partial charge in [0.05, 0.1) is 0 Å². The summed E-state index contributed by atoms with van der Waals surface area (Å²) >= 11 is 0. The Labute approximate surface area is 141 Å². The second-order valence-corrected chi connectivity index (χ2v) is 7.28. The van der Waals surface area contributed by atoms with E-state index in [1.807, 2.05) is 0 Å². The Kier molecular flexibility index (Phi) is 4.93. The van der Waals surface area contributed by atoms with Crippen LogP contribution in [0.15, 0.2) is 36.4 Å². The molecule has 1 heteroatoms. The fourth-order valence-corrected chi connectivity index (χ4v) is 2.18. The number of hydrogen-bond acceptors (Lipinski definition) is 0. The zero-order chi connectivity index (χ0) is 13.6. The van der Waals surface area contributed by atoms with Crippen molar-refractivity contribution in [3.8, 4) is 0 Å². The predicted molar refractivity (Wildman–Crippen MR) is 82.5 cm³/mol. The van der Waals surface area contributed by atoms with E-state index in [9.17, 15) is 0 Å². The summed E-state index contributed by atoms with van der Waals surface area (Å²) in [4.78, 5) is 0. The van der Waals surface area contributed by atoms with Crippen molar-refractivity contribution in [2.45, 2.75) is 52.4 Å². The third-order valence-corrected chi connectivity index (χ3v) is 3.57. The maximum absolute atomic E-state index is 2.32. The number of fused-ring (bicyclic) bond motifs is 1. The molecule has 0 heterocycles. The van der Waals surface area contributed by atoms with Gasteiger partial charge in [-0.1, -0.05) is 77.9 Å². The van der Waals surface area contributed by atoms with E-state index < -0.39 is 0 Å². The molecule has 0 aliphatic heterocycles. The van der Waals surface area contributed by atoms with Crippen LogP contribution in [0.1, 0.15) is 54.1 Å². The second kappa shape index (κ2) is 5.60. The monoisotopic (exact) mass is 264 g/mol. The average Bonchev–Trinajstić information content (AvgIpc) is 2.25. The minimum absolute atomic E-state index is 0. The van der Waals surface area contributed by atoms with E-state index in [1.165, 1.54) is 21.9 Å². The van der Waals surface area contributed by atoms with Crippen LogP contribution in [-0.4, -0.2) is 0 Å². The maximum atomic E-state index is 2.32. The molecule has 2 aromatic rings. The molecule has 0 saturated carbocycles. The molecule has 2 rings (SSSR count). The van der Waals surface area contributed by atoms with Crippen LogP contribution in [0.4, 0.5) is 0 Å². The fraction of sp³-hybridized carbons (Fsp3) is 0.444. The molecule has 0 aromatic heterocycles. The Balaban J connectivity index is 0.00000180. The van der Waals surface area contributed by atoms with Gasteiger partial charge in [-0.25, -0.2) is 0 Å². The van der Waals surface area contributed by atoms with E-state index in [0.717, 1.165) is 0 Å². The fourth-order valence-electron chi connectivity index (χ4n) is 2.18. The summed E-state index contributed by atoms with van der Waals surface area (Å²) in [6, 6.07) is 13.7. The van der Waals surface area contributed by atoms with E-state index in [1.54, 1.807) is 0 Å². The van der Waals surface area contributed by atoms with Gasteiger partial charge in [0.15, 0.2) is 0 Å². The average molecular weight is 264 g/mol. The molecular weight excluding hydrogens is 239 g/mol. The van der Waals surface area contributed by atoms with Crippen molar-refractivity contribution in [3.05, 3.63) is 47.5 Å². The van der Waals surface area contributed by atoms with Crippen LogP contribution >= 0.6 is 0 Å². The minimum Gasteiger partial charge on any atom is -1.00 e. The molecule has 0 aliphatic rings. The molecule has 2 aromatic carbocycles. The predicted octanol–water partition coefficient (Wildman–Crippen LogP) is 2.55. The van der Waals surface area contributed by atoms with Crippen LogP contribution in [0.5, 0.6) is 0 Å². The maximum Gasteiger partial charge on any atom is 1.00 e. The normalized spacial score (nSPS) is 12.3. The third kappa shape index (κ3) is 3.84. The Morgan fingerprint density at radius 2 is 0.947 bits per heavy atom. The van der Waals surface area contributed by atoms with Crippen molar-refractivity contribution >= 4 is 10.8 Å². The standard InChI is InChI=1S/C18H24.Na.H/c1-17(2,3)15-9-7-14-12-16(18(4,5)6)10-8-13(14)11-15;;/h7-12H,1-6H3;;/q;+1;-1. The van der Waals surface area contributed by atoms with Gasteiger partial charge in [-0.15, -0.1) is 0 Å². The minimum atomic E-state index is 0. The third-order valence-electron chi connectivity index (χ3n) is 3.57. The number of rotatable bonds is 0. The zero-order valence-corrected chi connectivity index (χ0v) is 15.5. The molecule has 0 nitrogen and oxygen atoms in total. The van der Waals surface area contributed by atoms with Crippen molar-refractivity contribution in [3.63, 3.8) is 0 Å². The molecule has 0 amide bonds.